The fourth-order valence-corrected chi connectivity index (χ4v) is 1.47. The summed E-state index contributed by atoms with van der Waals surface area (Å²) < 4.78 is 5.85. The summed E-state index contributed by atoms with van der Waals surface area (Å²) >= 11 is 0. The van der Waals surface area contributed by atoms with E-state index in [1.807, 2.05) is 45.9 Å². The lowest BCUT2D eigenvalue weighted by atomic mass is 9.94. The van der Waals surface area contributed by atoms with Crippen LogP contribution in [0.1, 0.15) is 54.4 Å². The van der Waals surface area contributed by atoms with Crippen LogP contribution in [-0.2, 0) is 4.74 Å². The van der Waals surface area contributed by atoms with Crippen molar-refractivity contribution in [3.63, 3.8) is 0 Å². The molecule has 0 amide bonds. The van der Waals surface area contributed by atoms with Crippen LogP contribution in [0.25, 0.3) is 0 Å². The Labute approximate surface area is 114 Å². The van der Waals surface area contributed by atoms with Gasteiger partial charge >= 0.3 is 0 Å². The maximum atomic E-state index is 5.85. The van der Waals surface area contributed by atoms with Gasteiger partial charge in [-0.1, -0.05) is 59.1 Å². The second kappa shape index (κ2) is 10.9. The lowest BCUT2D eigenvalue weighted by Crippen LogP contribution is -2.27. The van der Waals surface area contributed by atoms with Crippen molar-refractivity contribution in [3.8, 4) is 0 Å². The highest BCUT2D eigenvalue weighted by Crippen LogP contribution is 2.32. The summed E-state index contributed by atoms with van der Waals surface area (Å²) in [6, 6.07) is 0. The molecule has 0 radical (unpaired) electrons. The lowest BCUT2D eigenvalue weighted by Gasteiger charge is -2.32. The van der Waals surface area contributed by atoms with Gasteiger partial charge in [0.1, 0.15) is 11.4 Å². The Hall–Kier alpha value is -1.24. The first-order chi connectivity index (χ1) is 8.59. The SMILES string of the molecule is C=C/C=C\C1=C(C=C)CCC(C)(C)O1.CC.CC. The summed E-state index contributed by atoms with van der Waals surface area (Å²) in [7, 11) is 0. The molecule has 0 bridgehead atoms. The predicted octanol–water partition coefficient (Wildman–Crippen LogP) is 5.81. The maximum Gasteiger partial charge on any atom is 0.123 e. The summed E-state index contributed by atoms with van der Waals surface area (Å²) in [5, 5.41) is 0. The van der Waals surface area contributed by atoms with Gasteiger partial charge in [0.25, 0.3) is 0 Å². The minimum atomic E-state index is -0.0621. The first-order valence-corrected chi connectivity index (χ1v) is 6.93. The van der Waals surface area contributed by atoms with E-state index in [1.54, 1.807) is 6.08 Å². The predicted molar refractivity (Wildman–Crippen MR) is 83.7 cm³/mol. The summed E-state index contributed by atoms with van der Waals surface area (Å²) in [5.74, 6) is 0.927. The third-order valence-electron chi connectivity index (χ3n) is 2.33. The minimum absolute atomic E-state index is 0.0621. The molecule has 0 fully saturated rings. The van der Waals surface area contributed by atoms with Gasteiger partial charge in [-0.2, -0.15) is 0 Å². The molecule has 1 heteroatoms. The Morgan fingerprint density at radius 2 is 1.67 bits per heavy atom. The molecule has 0 aromatic heterocycles. The third kappa shape index (κ3) is 7.16. The zero-order valence-corrected chi connectivity index (χ0v) is 13.0. The first-order valence-electron chi connectivity index (χ1n) is 6.93. The van der Waals surface area contributed by atoms with Crippen molar-refractivity contribution in [2.75, 3.05) is 0 Å². The van der Waals surface area contributed by atoms with Crippen molar-refractivity contribution >= 4 is 0 Å². The fourth-order valence-electron chi connectivity index (χ4n) is 1.47. The van der Waals surface area contributed by atoms with Crippen molar-refractivity contribution in [3.05, 3.63) is 48.8 Å². The van der Waals surface area contributed by atoms with E-state index in [4.69, 9.17) is 4.74 Å². The average Bonchev–Trinajstić information content (AvgIpc) is 2.40. The number of allylic oxidation sites excluding steroid dienone is 5. The monoisotopic (exact) mass is 250 g/mol. The van der Waals surface area contributed by atoms with Crippen LogP contribution in [0.4, 0.5) is 0 Å². The van der Waals surface area contributed by atoms with Gasteiger partial charge in [-0.05, 0) is 38.3 Å². The van der Waals surface area contributed by atoms with Gasteiger partial charge in [0, 0.05) is 0 Å². The molecule has 1 heterocycles. The summed E-state index contributed by atoms with van der Waals surface area (Å²) in [4.78, 5) is 0. The maximum absolute atomic E-state index is 5.85. The quantitative estimate of drug-likeness (QED) is 0.574. The van der Waals surface area contributed by atoms with Gasteiger partial charge in [0.2, 0.25) is 0 Å². The van der Waals surface area contributed by atoms with Crippen LogP contribution in [0.3, 0.4) is 0 Å². The van der Waals surface area contributed by atoms with E-state index in [0.717, 1.165) is 18.6 Å². The van der Waals surface area contributed by atoms with Gasteiger partial charge < -0.3 is 4.74 Å². The fraction of sp³-hybridized carbons (Fsp3) is 0.529. The van der Waals surface area contributed by atoms with Crippen LogP contribution < -0.4 is 0 Å². The molecule has 1 aliphatic heterocycles. The van der Waals surface area contributed by atoms with Gasteiger partial charge in [0.05, 0.1) is 0 Å². The molecule has 0 unspecified atom stereocenters. The Morgan fingerprint density at radius 1 is 1.11 bits per heavy atom. The van der Waals surface area contributed by atoms with E-state index in [-0.39, 0.29) is 5.60 Å². The smallest absolute Gasteiger partial charge is 0.123 e. The summed E-state index contributed by atoms with van der Waals surface area (Å²) in [5.41, 5.74) is 1.12. The second-order valence-electron chi connectivity index (χ2n) is 4.05. The molecule has 0 aromatic rings. The molecule has 0 spiro atoms. The van der Waals surface area contributed by atoms with Gasteiger partial charge in [0.15, 0.2) is 0 Å². The topological polar surface area (TPSA) is 9.23 Å². The molecule has 0 N–H and O–H groups in total. The van der Waals surface area contributed by atoms with Crippen LogP contribution in [-0.4, -0.2) is 5.60 Å². The molecule has 0 aromatic carbocycles. The van der Waals surface area contributed by atoms with Crippen LogP contribution in [0.15, 0.2) is 48.8 Å². The zero-order chi connectivity index (χ0) is 14.6. The molecule has 0 aliphatic carbocycles. The van der Waals surface area contributed by atoms with E-state index in [1.165, 1.54) is 5.57 Å². The zero-order valence-electron chi connectivity index (χ0n) is 13.0. The van der Waals surface area contributed by atoms with Crippen molar-refractivity contribution in [2.45, 2.75) is 60.0 Å². The highest BCUT2D eigenvalue weighted by molar-refractivity contribution is 5.31. The number of hydrogen-bond acceptors (Lipinski definition) is 1. The van der Waals surface area contributed by atoms with Gasteiger partial charge in [-0.15, -0.1) is 0 Å². The van der Waals surface area contributed by atoms with Crippen LogP contribution in [0.5, 0.6) is 0 Å². The van der Waals surface area contributed by atoms with Crippen LogP contribution in [0, 0.1) is 0 Å². The molecule has 0 atom stereocenters. The molecular weight excluding hydrogens is 220 g/mol. The van der Waals surface area contributed by atoms with E-state index >= 15 is 0 Å². The van der Waals surface area contributed by atoms with Gasteiger partial charge in [-0.25, -0.2) is 0 Å². The van der Waals surface area contributed by atoms with E-state index in [2.05, 4.69) is 27.0 Å². The van der Waals surface area contributed by atoms with Crippen molar-refractivity contribution < 1.29 is 4.74 Å². The van der Waals surface area contributed by atoms with Crippen LogP contribution in [0.2, 0.25) is 0 Å². The highest BCUT2D eigenvalue weighted by Gasteiger charge is 2.25. The summed E-state index contributed by atoms with van der Waals surface area (Å²) in [6.07, 6.45) is 9.54. The number of ether oxygens (including phenoxy) is 1. The Kier molecular flexibility index (Phi) is 11.6. The molecule has 1 rings (SSSR count). The molecule has 0 saturated heterocycles. The van der Waals surface area contributed by atoms with Crippen molar-refractivity contribution in [1.29, 1.82) is 0 Å². The minimum Gasteiger partial charge on any atom is -0.488 e. The first kappa shape index (κ1) is 19.1. The largest absolute Gasteiger partial charge is 0.488 e. The molecule has 1 nitrogen and oxygen atoms in total. The Balaban J connectivity index is 0. The second-order valence-corrected chi connectivity index (χ2v) is 4.05. The third-order valence-corrected chi connectivity index (χ3v) is 2.33. The molecular formula is C17H30O. The number of hydrogen-bond donors (Lipinski definition) is 0. The average molecular weight is 250 g/mol. The van der Waals surface area contributed by atoms with Crippen LogP contribution >= 0.6 is 0 Å². The van der Waals surface area contributed by atoms with E-state index in [0.29, 0.717) is 0 Å². The Bertz CT molecular complexity index is 293. The molecule has 104 valence electrons. The summed E-state index contributed by atoms with van der Waals surface area (Å²) in [6.45, 7) is 19.6. The van der Waals surface area contributed by atoms with Crippen molar-refractivity contribution in [2.24, 2.45) is 0 Å². The van der Waals surface area contributed by atoms with E-state index in [9.17, 15) is 0 Å². The molecule has 18 heavy (non-hydrogen) atoms. The van der Waals surface area contributed by atoms with Gasteiger partial charge in [-0.3, -0.25) is 0 Å². The number of rotatable bonds is 3. The lowest BCUT2D eigenvalue weighted by molar-refractivity contribution is 0.0211. The van der Waals surface area contributed by atoms with E-state index < -0.39 is 0 Å². The molecule has 1 aliphatic rings. The van der Waals surface area contributed by atoms with Crippen molar-refractivity contribution in [1.82, 2.24) is 0 Å². The molecule has 0 saturated carbocycles. The Morgan fingerprint density at radius 3 is 2.11 bits per heavy atom. The highest BCUT2D eigenvalue weighted by atomic mass is 16.5. The normalized spacial score (nSPS) is 16.8. The standard InChI is InChI=1S/C13H18O.2C2H6/c1-5-7-8-12-11(6-2)9-10-13(3,4)14-12;2*1-2/h5-8H,1-2,9-10H2,3-4H3;2*1-2H3/b8-7-;;.